The Labute approximate surface area is 363 Å². The second kappa shape index (κ2) is 20.4. The Morgan fingerprint density at radius 2 is 0.762 bits per heavy atom. The molecule has 0 amide bonds. The summed E-state index contributed by atoms with van der Waals surface area (Å²) in [5.74, 6) is -0.568. The predicted molar refractivity (Wildman–Crippen MR) is 235 cm³/mol. The first-order valence-corrected chi connectivity index (χ1v) is 19.9. The van der Waals surface area contributed by atoms with Gasteiger partial charge >= 0.3 is 23.9 Å². The van der Waals surface area contributed by atoms with Gasteiger partial charge in [0.05, 0.1) is 36.0 Å². The average Bonchev–Trinajstić information content (AvgIpc) is 3.33. The van der Waals surface area contributed by atoms with Gasteiger partial charge in [-0.1, -0.05) is 36.4 Å². The van der Waals surface area contributed by atoms with Gasteiger partial charge in [-0.05, 0) is 174 Å². The Morgan fingerprint density at radius 3 is 1.13 bits per heavy atom. The molecule has 11 nitrogen and oxygen atoms in total. The van der Waals surface area contributed by atoms with E-state index in [9.17, 15) is 24.0 Å². The summed E-state index contributed by atoms with van der Waals surface area (Å²) in [6.45, 7) is 0.225. The number of hydrogen-bond donors (Lipinski definition) is 1. The zero-order chi connectivity index (χ0) is 44.1. The zero-order valence-electron chi connectivity index (χ0n) is 34.0. The van der Waals surface area contributed by atoms with E-state index in [1.54, 1.807) is 92.0 Å². The summed E-state index contributed by atoms with van der Waals surface area (Å²) in [5, 5.41) is 8.91. The molecule has 0 aliphatic carbocycles. The molecule has 63 heavy (non-hydrogen) atoms. The quantitative estimate of drug-likeness (QED) is 0.0428. The van der Waals surface area contributed by atoms with Crippen molar-refractivity contribution in [2.24, 2.45) is 0 Å². The van der Waals surface area contributed by atoms with E-state index in [1.807, 2.05) is 54.6 Å². The molecule has 0 saturated carbocycles. The number of ether oxygens (including phenoxy) is 5. The van der Waals surface area contributed by atoms with Crippen LogP contribution in [-0.2, 0) is 4.74 Å². The molecule has 7 rings (SSSR count). The van der Waals surface area contributed by atoms with Crippen LogP contribution >= 0.6 is 0 Å². The first-order chi connectivity index (χ1) is 30.7. The average molecular weight is 841 g/mol. The maximum atomic E-state index is 13.2. The molecule has 0 aliphatic heterocycles. The number of esters is 4. The number of hydrogen-bond acceptors (Lipinski definition) is 11. The van der Waals surface area contributed by atoms with Gasteiger partial charge in [0.25, 0.3) is 0 Å². The monoisotopic (exact) mass is 840 g/mol. The van der Waals surface area contributed by atoms with Crippen LogP contribution in [-0.4, -0.2) is 55.6 Å². The molecule has 0 spiro atoms. The molecule has 0 aromatic heterocycles. The molecule has 0 aliphatic rings. The normalized spacial score (nSPS) is 10.6. The minimum Gasteiger partial charge on any atom is -0.497 e. The summed E-state index contributed by atoms with van der Waals surface area (Å²) in [6, 6.07) is 46.0. The van der Waals surface area contributed by atoms with Gasteiger partial charge in [0.1, 0.15) is 29.3 Å². The summed E-state index contributed by atoms with van der Waals surface area (Å²) >= 11 is 0. The number of rotatable bonds is 16. The van der Waals surface area contributed by atoms with E-state index in [0.717, 1.165) is 33.4 Å². The molecule has 1 N–H and O–H groups in total. The third-order valence-electron chi connectivity index (χ3n) is 9.88. The van der Waals surface area contributed by atoms with Gasteiger partial charge in [-0.15, -0.1) is 0 Å². The molecule has 11 heteroatoms. The van der Waals surface area contributed by atoms with Crippen LogP contribution in [0.25, 0.3) is 33.4 Å². The fourth-order valence-corrected chi connectivity index (χ4v) is 6.40. The highest BCUT2D eigenvalue weighted by molar-refractivity contribution is 5.94. The summed E-state index contributed by atoms with van der Waals surface area (Å²) in [7, 11) is 1.56. The zero-order valence-corrected chi connectivity index (χ0v) is 34.0. The summed E-state index contributed by atoms with van der Waals surface area (Å²) in [5.41, 5.74) is 6.70. The van der Waals surface area contributed by atoms with Crippen LogP contribution in [0.4, 0.5) is 0 Å². The summed E-state index contributed by atoms with van der Waals surface area (Å²) in [4.78, 5) is 62.4. The fourth-order valence-electron chi connectivity index (χ4n) is 6.40. The number of aliphatic hydroxyl groups is 1. The van der Waals surface area contributed by atoms with E-state index in [0.29, 0.717) is 64.2 Å². The number of methoxy groups -OCH3 is 1. The van der Waals surface area contributed by atoms with Crippen molar-refractivity contribution < 1.29 is 52.8 Å². The second-order valence-corrected chi connectivity index (χ2v) is 14.2. The summed E-state index contributed by atoms with van der Waals surface area (Å²) in [6.07, 6.45) is 1.81. The standard InChI is InChI=1S/C52H40O11/c1-59-45-24-26-48(27-25-45)63-52(58)41-16-10-37(11-17-41)44-31-42(35-6-12-39(13-7-35)50(56)61-46-20-4-34(33-54)5-21-46)30-43(32-44)36-8-14-40(15-9-36)51(57)62-47-22-18-38(19-23-47)49(55)60-29-3-2-28-53/h4-27,30-33,53H,2-3,28-29H2,1H3. The van der Waals surface area contributed by atoms with Gasteiger partial charge < -0.3 is 28.8 Å². The van der Waals surface area contributed by atoms with Crippen molar-refractivity contribution in [1.82, 2.24) is 0 Å². The van der Waals surface area contributed by atoms with Crippen molar-refractivity contribution in [3.05, 3.63) is 192 Å². The lowest BCUT2D eigenvalue weighted by molar-refractivity contribution is 0.0492. The van der Waals surface area contributed by atoms with Crippen molar-refractivity contribution in [2.45, 2.75) is 12.8 Å². The molecule has 0 bridgehead atoms. The summed E-state index contributed by atoms with van der Waals surface area (Å²) < 4.78 is 27.0. The molecular weight excluding hydrogens is 801 g/mol. The van der Waals surface area contributed by atoms with E-state index >= 15 is 0 Å². The molecule has 0 heterocycles. The lowest BCUT2D eigenvalue weighted by atomic mass is 9.92. The number of aliphatic hydroxyl groups excluding tert-OH is 1. The van der Waals surface area contributed by atoms with E-state index in [4.69, 9.17) is 28.8 Å². The first kappa shape index (κ1) is 43.0. The Hall–Kier alpha value is -8.15. The number of carbonyl (C=O) groups excluding carboxylic acids is 5. The van der Waals surface area contributed by atoms with Crippen LogP contribution < -0.4 is 18.9 Å². The van der Waals surface area contributed by atoms with Gasteiger partial charge in [-0.2, -0.15) is 0 Å². The van der Waals surface area contributed by atoms with Crippen molar-refractivity contribution in [3.8, 4) is 56.4 Å². The third-order valence-corrected chi connectivity index (χ3v) is 9.88. The molecule has 7 aromatic carbocycles. The molecule has 0 fully saturated rings. The van der Waals surface area contributed by atoms with Crippen LogP contribution in [0.5, 0.6) is 23.0 Å². The van der Waals surface area contributed by atoms with Crippen LogP contribution in [0, 0.1) is 0 Å². The first-order valence-electron chi connectivity index (χ1n) is 19.9. The molecule has 0 radical (unpaired) electrons. The fraction of sp³-hybridized carbons (Fsp3) is 0.0962. The Balaban J connectivity index is 1.11. The van der Waals surface area contributed by atoms with Gasteiger partial charge in [0.15, 0.2) is 0 Å². The molecule has 0 saturated heterocycles. The highest BCUT2D eigenvalue weighted by Gasteiger charge is 2.15. The SMILES string of the molecule is COc1ccc(OC(=O)c2ccc(-c3cc(-c4ccc(C(=O)Oc5ccc(C=O)cc5)cc4)cc(-c4ccc(C(=O)Oc5ccc(C(=O)OCCCCO)cc5)cc4)c3)cc2)cc1. The molecule has 0 unspecified atom stereocenters. The van der Waals surface area contributed by atoms with Crippen LogP contribution in [0.15, 0.2) is 164 Å². The van der Waals surface area contributed by atoms with Crippen molar-refractivity contribution in [2.75, 3.05) is 20.3 Å². The van der Waals surface area contributed by atoms with Gasteiger partial charge in [-0.25, -0.2) is 19.2 Å². The molecule has 0 atom stereocenters. The van der Waals surface area contributed by atoms with Gasteiger partial charge in [-0.3, -0.25) is 4.79 Å². The van der Waals surface area contributed by atoms with E-state index < -0.39 is 23.9 Å². The second-order valence-electron chi connectivity index (χ2n) is 14.2. The molecular formula is C52H40O11. The van der Waals surface area contributed by atoms with E-state index in [1.165, 1.54) is 24.3 Å². The Bertz CT molecular complexity index is 2710. The number of aldehydes is 1. The molecule has 7 aromatic rings. The predicted octanol–water partition coefficient (Wildman–Crippen LogP) is 10.1. The van der Waals surface area contributed by atoms with Crippen molar-refractivity contribution in [1.29, 1.82) is 0 Å². The topological polar surface area (TPSA) is 152 Å². The maximum absolute atomic E-state index is 13.2. The van der Waals surface area contributed by atoms with Crippen LogP contribution in [0.2, 0.25) is 0 Å². The molecule has 314 valence electrons. The Kier molecular flexibility index (Phi) is 13.9. The minimum absolute atomic E-state index is 0.0279. The largest absolute Gasteiger partial charge is 0.497 e. The van der Waals surface area contributed by atoms with Gasteiger partial charge in [0.2, 0.25) is 0 Å². The highest BCUT2D eigenvalue weighted by Crippen LogP contribution is 2.34. The van der Waals surface area contributed by atoms with Crippen LogP contribution in [0.3, 0.4) is 0 Å². The lowest BCUT2D eigenvalue weighted by Gasteiger charge is -2.13. The minimum atomic E-state index is -0.586. The Morgan fingerprint density at radius 1 is 0.429 bits per heavy atom. The highest BCUT2D eigenvalue weighted by atomic mass is 16.5. The maximum Gasteiger partial charge on any atom is 0.343 e. The van der Waals surface area contributed by atoms with Crippen molar-refractivity contribution in [3.63, 3.8) is 0 Å². The van der Waals surface area contributed by atoms with E-state index in [-0.39, 0.29) is 19.0 Å². The van der Waals surface area contributed by atoms with E-state index in [2.05, 4.69) is 0 Å². The number of benzene rings is 7. The van der Waals surface area contributed by atoms with Crippen LogP contribution in [0.1, 0.15) is 64.6 Å². The van der Waals surface area contributed by atoms with Crippen molar-refractivity contribution >= 4 is 30.2 Å². The number of unbranched alkanes of at least 4 members (excludes halogenated alkanes) is 1. The smallest absolute Gasteiger partial charge is 0.343 e. The lowest BCUT2D eigenvalue weighted by Crippen LogP contribution is -2.09. The van der Waals surface area contributed by atoms with Gasteiger partial charge in [0, 0.05) is 12.2 Å². The third kappa shape index (κ3) is 11.2. The number of carbonyl (C=O) groups is 5.